The van der Waals surface area contributed by atoms with Crippen molar-refractivity contribution in [3.8, 4) is 0 Å². The lowest BCUT2D eigenvalue weighted by molar-refractivity contribution is -0.123. The number of ether oxygens (including phenoxy) is 1. The van der Waals surface area contributed by atoms with Gasteiger partial charge in [-0.1, -0.05) is 0 Å². The van der Waals surface area contributed by atoms with E-state index in [2.05, 4.69) is 15.5 Å². The minimum Gasteiger partial charge on any atom is -0.376 e. The van der Waals surface area contributed by atoms with E-state index in [0.29, 0.717) is 18.5 Å². The average molecular weight is 295 g/mol. The minimum absolute atomic E-state index is 0.159. The van der Waals surface area contributed by atoms with E-state index in [1.807, 2.05) is 0 Å². The van der Waals surface area contributed by atoms with Gasteiger partial charge >= 0.3 is 0 Å². The van der Waals surface area contributed by atoms with Gasteiger partial charge in [-0.3, -0.25) is 9.69 Å². The van der Waals surface area contributed by atoms with Gasteiger partial charge in [0.1, 0.15) is 0 Å². The zero-order valence-corrected chi connectivity index (χ0v) is 13.0. The lowest BCUT2D eigenvalue weighted by atomic mass is 9.74. The molecule has 3 saturated heterocycles. The summed E-state index contributed by atoms with van der Waals surface area (Å²) in [6, 6.07) is 0. The molecule has 0 aliphatic carbocycles. The fourth-order valence-electron chi connectivity index (χ4n) is 4.12. The van der Waals surface area contributed by atoms with Crippen LogP contribution in [0, 0.1) is 5.41 Å². The average Bonchev–Trinajstić information content (AvgIpc) is 2.99. The number of carbonyl (C=O) groups is 1. The molecule has 21 heavy (non-hydrogen) atoms. The Bertz CT molecular complexity index is 344. The standard InChI is InChI=1S/C16H29N3O2/c20-15(18-10-14-4-1-9-21-14)11-19-8-3-6-16(13-19)5-2-7-17-12-16/h14,17H,1-13H2,(H,18,20). The molecule has 0 aromatic carbocycles. The van der Waals surface area contributed by atoms with Crippen LogP contribution in [0.15, 0.2) is 0 Å². The van der Waals surface area contributed by atoms with Crippen molar-refractivity contribution < 1.29 is 9.53 Å². The van der Waals surface area contributed by atoms with Gasteiger partial charge < -0.3 is 15.4 Å². The molecule has 0 radical (unpaired) electrons. The zero-order chi connectivity index (χ0) is 14.5. The highest BCUT2D eigenvalue weighted by Crippen LogP contribution is 2.35. The predicted molar refractivity (Wildman–Crippen MR) is 82.2 cm³/mol. The van der Waals surface area contributed by atoms with Crippen LogP contribution in [0.3, 0.4) is 0 Å². The van der Waals surface area contributed by atoms with Gasteiger partial charge in [0.25, 0.3) is 0 Å². The Morgan fingerprint density at radius 3 is 3.00 bits per heavy atom. The molecular weight excluding hydrogens is 266 g/mol. The quantitative estimate of drug-likeness (QED) is 0.803. The summed E-state index contributed by atoms with van der Waals surface area (Å²) in [5.41, 5.74) is 0.422. The van der Waals surface area contributed by atoms with E-state index in [1.54, 1.807) is 0 Å². The number of piperidine rings is 2. The molecular formula is C16H29N3O2. The second kappa shape index (κ2) is 7.07. The maximum atomic E-state index is 12.1. The van der Waals surface area contributed by atoms with Gasteiger partial charge in [-0.2, -0.15) is 0 Å². The summed E-state index contributed by atoms with van der Waals surface area (Å²) in [7, 11) is 0. The summed E-state index contributed by atoms with van der Waals surface area (Å²) in [5, 5.41) is 6.58. The molecule has 3 aliphatic rings. The Kier molecular flexibility index (Phi) is 5.14. The van der Waals surface area contributed by atoms with Gasteiger partial charge in [0.15, 0.2) is 0 Å². The van der Waals surface area contributed by atoms with E-state index in [9.17, 15) is 4.79 Å². The Morgan fingerprint density at radius 1 is 1.33 bits per heavy atom. The normalized spacial score (nSPS) is 34.2. The van der Waals surface area contributed by atoms with Crippen molar-refractivity contribution in [1.29, 1.82) is 0 Å². The smallest absolute Gasteiger partial charge is 0.234 e. The Hall–Kier alpha value is -0.650. The van der Waals surface area contributed by atoms with Crippen molar-refractivity contribution in [2.75, 3.05) is 45.9 Å². The van der Waals surface area contributed by atoms with Crippen molar-refractivity contribution in [3.05, 3.63) is 0 Å². The van der Waals surface area contributed by atoms with Crippen LogP contribution in [-0.2, 0) is 9.53 Å². The summed E-state index contributed by atoms with van der Waals surface area (Å²) in [6.45, 7) is 6.50. The highest BCUT2D eigenvalue weighted by molar-refractivity contribution is 5.78. The van der Waals surface area contributed by atoms with Crippen molar-refractivity contribution >= 4 is 5.91 Å². The van der Waals surface area contributed by atoms with Gasteiger partial charge in [0.2, 0.25) is 5.91 Å². The van der Waals surface area contributed by atoms with Gasteiger partial charge in [0, 0.05) is 26.2 Å². The summed E-state index contributed by atoms with van der Waals surface area (Å²) < 4.78 is 5.55. The fraction of sp³-hybridized carbons (Fsp3) is 0.938. The number of nitrogens with zero attached hydrogens (tertiary/aromatic N) is 1. The Labute approximate surface area is 127 Å². The van der Waals surface area contributed by atoms with E-state index >= 15 is 0 Å². The molecule has 0 aromatic rings. The first kappa shape index (κ1) is 15.3. The van der Waals surface area contributed by atoms with Crippen LogP contribution in [0.25, 0.3) is 0 Å². The Balaban J connectivity index is 1.42. The number of amides is 1. The van der Waals surface area contributed by atoms with Gasteiger partial charge in [-0.15, -0.1) is 0 Å². The van der Waals surface area contributed by atoms with Crippen LogP contribution in [0.4, 0.5) is 0 Å². The number of hydrogen-bond acceptors (Lipinski definition) is 4. The predicted octanol–water partition coefficient (Wildman–Crippen LogP) is 0.747. The summed E-state index contributed by atoms with van der Waals surface area (Å²) in [6.07, 6.45) is 7.58. The van der Waals surface area contributed by atoms with Crippen LogP contribution < -0.4 is 10.6 Å². The molecule has 5 nitrogen and oxygen atoms in total. The second-order valence-electron chi connectivity index (χ2n) is 7.03. The number of likely N-dealkylation sites (tertiary alicyclic amines) is 1. The van der Waals surface area contributed by atoms with Crippen molar-refractivity contribution in [2.45, 2.75) is 44.6 Å². The third kappa shape index (κ3) is 4.18. The lowest BCUT2D eigenvalue weighted by Gasteiger charge is -2.45. The highest BCUT2D eigenvalue weighted by atomic mass is 16.5. The van der Waals surface area contributed by atoms with Gasteiger partial charge in [0.05, 0.1) is 12.6 Å². The molecule has 3 heterocycles. The van der Waals surface area contributed by atoms with Crippen LogP contribution in [0.1, 0.15) is 38.5 Å². The number of carbonyl (C=O) groups excluding carboxylic acids is 1. The first-order valence-corrected chi connectivity index (χ1v) is 8.57. The first-order valence-electron chi connectivity index (χ1n) is 8.57. The molecule has 3 aliphatic heterocycles. The van der Waals surface area contributed by atoms with Gasteiger partial charge in [-0.05, 0) is 57.0 Å². The van der Waals surface area contributed by atoms with E-state index < -0.39 is 0 Å². The number of nitrogens with one attached hydrogen (secondary N) is 2. The molecule has 0 aromatic heterocycles. The molecule has 2 N–H and O–H groups in total. The van der Waals surface area contributed by atoms with Crippen molar-refractivity contribution in [2.24, 2.45) is 5.41 Å². The third-order valence-electron chi connectivity index (χ3n) is 5.22. The second-order valence-corrected chi connectivity index (χ2v) is 7.03. The van der Waals surface area contributed by atoms with Crippen LogP contribution in [0.2, 0.25) is 0 Å². The monoisotopic (exact) mass is 295 g/mol. The molecule has 2 unspecified atom stereocenters. The maximum absolute atomic E-state index is 12.1. The summed E-state index contributed by atoms with van der Waals surface area (Å²) in [5.74, 6) is 0.159. The molecule has 120 valence electrons. The van der Waals surface area contributed by atoms with E-state index in [4.69, 9.17) is 4.74 Å². The number of hydrogen-bond donors (Lipinski definition) is 2. The first-order chi connectivity index (χ1) is 10.3. The van der Waals surface area contributed by atoms with Crippen LogP contribution in [0.5, 0.6) is 0 Å². The molecule has 1 amide bonds. The molecule has 3 rings (SSSR count). The lowest BCUT2D eigenvalue weighted by Crippen LogP contribution is -2.53. The maximum Gasteiger partial charge on any atom is 0.234 e. The highest BCUT2D eigenvalue weighted by Gasteiger charge is 2.36. The van der Waals surface area contributed by atoms with Crippen LogP contribution in [-0.4, -0.2) is 62.8 Å². The minimum atomic E-state index is 0.159. The summed E-state index contributed by atoms with van der Waals surface area (Å²) in [4.78, 5) is 14.5. The third-order valence-corrected chi connectivity index (χ3v) is 5.22. The molecule has 0 bridgehead atoms. The topological polar surface area (TPSA) is 53.6 Å². The molecule has 1 spiro atoms. The Morgan fingerprint density at radius 2 is 2.24 bits per heavy atom. The molecule has 5 heteroatoms. The SMILES string of the molecule is O=C(CN1CCCC2(CCCNC2)C1)NCC1CCCO1. The van der Waals surface area contributed by atoms with E-state index in [1.165, 1.54) is 25.7 Å². The number of rotatable bonds is 4. The van der Waals surface area contributed by atoms with E-state index in [-0.39, 0.29) is 12.0 Å². The molecule has 2 atom stereocenters. The zero-order valence-electron chi connectivity index (χ0n) is 13.0. The summed E-state index contributed by atoms with van der Waals surface area (Å²) >= 11 is 0. The van der Waals surface area contributed by atoms with Crippen molar-refractivity contribution in [1.82, 2.24) is 15.5 Å². The molecule has 0 saturated carbocycles. The fourth-order valence-corrected chi connectivity index (χ4v) is 4.12. The van der Waals surface area contributed by atoms with Gasteiger partial charge in [-0.25, -0.2) is 0 Å². The van der Waals surface area contributed by atoms with Crippen LogP contribution >= 0.6 is 0 Å². The van der Waals surface area contributed by atoms with E-state index in [0.717, 1.165) is 45.6 Å². The molecule has 3 fully saturated rings. The largest absolute Gasteiger partial charge is 0.376 e. The van der Waals surface area contributed by atoms with Crippen molar-refractivity contribution in [3.63, 3.8) is 0 Å².